The van der Waals surface area contributed by atoms with Crippen molar-refractivity contribution in [3.05, 3.63) is 23.0 Å². The molecular weight excluding hydrogens is 332 g/mol. The number of hydrogen-bond donors (Lipinski definition) is 2. The number of piperidine rings is 1. The minimum atomic E-state index is -0.582. The first-order chi connectivity index (χ1) is 11.2. The van der Waals surface area contributed by atoms with Gasteiger partial charge in [0.2, 0.25) is 0 Å². The molecule has 1 aromatic rings. The third-order valence-electron chi connectivity index (χ3n) is 3.57. The maximum atomic E-state index is 12.2. The van der Waals surface area contributed by atoms with Crippen molar-refractivity contribution >= 4 is 29.3 Å². The number of pyridine rings is 1. The molecule has 2 rings (SSSR count). The van der Waals surface area contributed by atoms with Crippen molar-refractivity contribution in [1.82, 2.24) is 9.88 Å². The summed E-state index contributed by atoms with van der Waals surface area (Å²) in [5, 5.41) is 3.51. The van der Waals surface area contributed by atoms with E-state index in [2.05, 4.69) is 10.3 Å². The van der Waals surface area contributed by atoms with E-state index in [4.69, 9.17) is 22.1 Å². The number of likely N-dealkylation sites (tertiary alicyclic amines) is 1. The van der Waals surface area contributed by atoms with Gasteiger partial charge in [-0.15, -0.1) is 0 Å². The Morgan fingerprint density at radius 2 is 2.17 bits per heavy atom. The largest absolute Gasteiger partial charge is 0.444 e. The number of hydrogen-bond acceptors (Lipinski definition) is 5. The summed E-state index contributed by atoms with van der Waals surface area (Å²) >= 11 is 5.90. The second kappa shape index (κ2) is 7.25. The van der Waals surface area contributed by atoms with E-state index in [1.54, 1.807) is 11.0 Å². The molecule has 0 unspecified atom stereocenters. The maximum absolute atomic E-state index is 12.2. The number of nitrogens with zero attached hydrogens (tertiary/aromatic N) is 2. The van der Waals surface area contributed by atoms with Gasteiger partial charge in [0.15, 0.2) is 0 Å². The molecule has 0 radical (unpaired) electrons. The summed E-state index contributed by atoms with van der Waals surface area (Å²) in [6.45, 7) is 6.63. The Morgan fingerprint density at radius 1 is 1.46 bits per heavy atom. The Hall–Kier alpha value is -2.02. The molecule has 3 N–H and O–H groups in total. The molecule has 1 aromatic heterocycles. The predicted octanol–water partition coefficient (Wildman–Crippen LogP) is 2.65. The first-order valence-corrected chi connectivity index (χ1v) is 8.23. The zero-order valence-electron chi connectivity index (χ0n) is 14.1. The van der Waals surface area contributed by atoms with Gasteiger partial charge in [0.25, 0.3) is 5.91 Å². The predicted molar refractivity (Wildman–Crippen MR) is 92.2 cm³/mol. The van der Waals surface area contributed by atoms with Gasteiger partial charge < -0.3 is 20.7 Å². The number of halogens is 1. The van der Waals surface area contributed by atoms with Crippen molar-refractivity contribution in [2.24, 2.45) is 5.73 Å². The highest BCUT2D eigenvalue weighted by molar-refractivity contribution is 6.29. The van der Waals surface area contributed by atoms with Gasteiger partial charge in [-0.25, -0.2) is 9.78 Å². The molecule has 0 spiro atoms. The van der Waals surface area contributed by atoms with E-state index in [0.717, 1.165) is 12.8 Å². The third-order valence-corrected chi connectivity index (χ3v) is 3.78. The number of nitrogens with two attached hydrogens (primary N) is 1. The van der Waals surface area contributed by atoms with Crippen molar-refractivity contribution < 1.29 is 14.3 Å². The van der Waals surface area contributed by atoms with Crippen LogP contribution >= 0.6 is 11.6 Å². The van der Waals surface area contributed by atoms with Gasteiger partial charge in [0, 0.05) is 25.3 Å². The van der Waals surface area contributed by atoms with Crippen LogP contribution in [-0.4, -0.2) is 46.6 Å². The van der Waals surface area contributed by atoms with Gasteiger partial charge in [-0.2, -0.15) is 0 Å². The number of anilines is 1. The lowest BCUT2D eigenvalue weighted by Crippen LogP contribution is -2.47. The molecular formula is C16H23ClN4O3. The van der Waals surface area contributed by atoms with Crippen molar-refractivity contribution in [2.45, 2.75) is 45.3 Å². The Balaban J connectivity index is 2.07. The van der Waals surface area contributed by atoms with Crippen LogP contribution in [0.2, 0.25) is 5.15 Å². The molecule has 2 amide bonds. The van der Waals surface area contributed by atoms with Crippen molar-refractivity contribution in [2.75, 3.05) is 18.4 Å². The molecule has 7 nitrogen and oxygen atoms in total. The number of carbonyl (C=O) groups is 2. The number of amides is 2. The van der Waals surface area contributed by atoms with E-state index >= 15 is 0 Å². The van der Waals surface area contributed by atoms with E-state index in [9.17, 15) is 9.59 Å². The maximum Gasteiger partial charge on any atom is 0.410 e. The van der Waals surface area contributed by atoms with Gasteiger partial charge in [-0.1, -0.05) is 11.6 Å². The molecule has 2 heterocycles. The summed E-state index contributed by atoms with van der Waals surface area (Å²) in [5.74, 6) is -0.582. The zero-order chi connectivity index (χ0) is 17.9. The zero-order valence-corrected chi connectivity index (χ0v) is 14.9. The molecule has 132 valence electrons. The van der Waals surface area contributed by atoms with Crippen LogP contribution in [0.25, 0.3) is 0 Å². The quantitative estimate of drug-likeness (QED) is 0.813. The summed E-state index contributed by atoms with van der Waals surface area (Å²) in [6, 6.07) is 1.54. The monoisotopic (exact) mass is 354 g/mol. The van der Waals surface area contributed by atoms with Crippen LogP contribution in [0.5, 0.6) is 0 Å². The Morgan fingerprint density at radius 3 is 2.79 bits per heavy atom. The fourth-order valence-corrected chi connectivity index (χ4v) is 2.71. The van der Waals surface area contributed by atoms with Crippen LogP contribution in [0.3, 0.4) is 0 Å². The van der Waals surface area contributed by atoms with Crippen molar-refractivity contribution in [1.29, 1.82) is 0 Å². The van der Waals surface area contributed by atoms with E-state index in [0.29, 0.717) is 18.8 Å². The van der Waals surface area contributed by atoms with E-state index in [1.807, 2.05) is 20.8 Å². The Bertz CT molecular complexity index is 630. The molecule has 8 heteroatoms. The lowest BCUT2D eigenvalue weighted by molar-refractivity contribution is 0.0206. The normalized spacial score (nSPS) is 18.2. The van der Waals surface area contributed by atoms with Crippen LogP contribution in [-0.2, 0) is 4.74 Å². The van der Waals surface area contributed by atoms with E-state index in [-0.39, 0.29) is 22.9 Å². The number of nitrogens with one attached hydrogen (secondary N) is 1. The van der Waals surface area contributed by atoms with Crippen molar-refractivity contribution in [3.63, 3.8) is 0 Å². The highest BCUT2D eigenvalue weighted by Gasteiger charge is 2.28. The van der Waals surface area contributed by atoms with Gasteiger partial charge in [-0.3, -0.25) is 4.79 Å². The van der Waals surface area contributed by atoms with Crippen molar-refractivity contribution in [3.8, 4) is 0 Å². The molecule has 24 heavy (non-hydrogen) atoms. The molecule has 0 aromatic carbocycles. The number of primary amides is 1. The summed E-state index contributed by atoms with van der Waals surface area (Å²) in [4.78, 5) is 29.3. The van der Waals surface area contributed by atoms with Crippen LogP contribution in [0, 0.1) is 0 Å². The first kappa shape index (κ1) is 18.3. The first-order valence-electron chi connectivity index (χ1n) is 7.85. The van der Waals surface area contributed by atoms with Crippen LogP contribution < -0.4 is 11.1 Å². The molecule has 1 aliphatic heterocycles. The van der Waals surface area contributed by atoms with Gasteiger partial charge in [0.1, 0.15) is 10.8 Å². The summed E-state index contributed by atoms with van der Waals surface area (Å²) < 4.78 is 5.41. The second-order valence-electron chi connectivity index (χ2n) is 6.83. The summed E-state index contributed by atoms with van der Waals surface area (Å²) in [7, 11) is 0. The van der Waals surface area contributed by atoms with Gasteiger partial charge in [0.05, 0.1) is 11.3 Å². The Kier molecular flexibility index (Phi) is 5.54. The third kappa shape index (κ3) is 4.99. The lowest BCUT2D eigenvalue weighted by atomic mass is 10.1. The average molecular weight is 355 g/mol. The van der Waals surface area contributed by atoms with E-state index in [1.165, 1.54) is 6.20 Å². The minimum Gasteiger partial charge on any atom is -0.444 e. The molecule has 0 saturated carbocycles. The number of ether oxygens (including phenoxy) is 1. The number of rotatable bonds is 3. The molecule has 0 bridgehead atoms. The van der Waals surface area contributed by atoms with Crippen LogP contribution in [0.1, 0.15) is 44.0 Å². The minimum absolute atomic E-state index is 0.0252. The summed E-state index contributed by atoms with van der Waals surface area (Å²) in [5.41, 5.74) is 5.63. The fourth-order valence-electron chi connectivity index (χ4n) is 2.55. The summed E-state index contributed by atoms with van der Waals surface area (Å²) in [6.07, 6.45) is 2.71. The fraction of sp³-hybridized carbons (Fsp3) is 0.562. The average Bonchev–Trinajstić information content (AvgIpc) is 2.45. The lowest BCUT2D eigenvalue weighted by Gasteiger charge is -2.35. The molecule has 1 fully saturated rings. The molecule has 0 aliphatic carbocycles. The standard InChI is InChI=1S/C16H23ClN4O3/c1-16(2,3)24-15(23)21-6-4-5-10(9-21)20-12-7-13(17)19-8-11(12)14(18)22/h7-8,10H,4-6,9H2,1-3H3,(H2,18,22)(H,19,20)/t10-/m0/s1. The molecule has 1 saturated heterocycles. The van der Waals surface area contributed by atoms with Gasteiger partial charge >= 0.3 is 6.09 Å². The number of carbonyl (C=O) groups excluding carboxylic acids is 2. The van der Waals surface area contributed by atoms with E-state index < -0.39 is 11.5 Å². The highest BCUT2D eigenvalue weighted by Crippen LogP contribution is 2.23. The molecule has 1 aliphatic rings. The van der Waals surface area contributed by atoms with Gasteiger partial charge in [-0.05, 0) is 39.7 Å². The second-order valence-corrected chi connectivity index (χ2v) is 7.21. The number of aromatic nitrogens is 1. The Labute approximate surface area is 146 Å². The SMILES string of the molecule is CC(C)(C)OC(=O)N1CCC[C@H](Nc2cc(Cl)ncc2C(N)=O)C1. The topological polar surface area (TPSA) is 97.6 Å². The molecule has 1 atom stereocenters. The smallest absolute Gasteiger partial charge is 0.410 e. The van der Waals surface area contributed by atoms with Crippen LogP contribution in [0.15, 0.2) is 12.3 Å². The van der Waals surface area contributed by atoms with Crippen LogP contribution in [0.4, 0.5) is 10.5 Å². The highest BCUT2D eigenvalue weighted by atomic mass is 35.5.